The second-order valence-corrected chi connectivity index (χ2v) is 5.33. The maximum Gasteiger partial charge on any atom is 0.371 e. The molecule has 1 heterocycles. The van der Waals surface area contributed by atoms with E-state index < -0.39 is 5.97 Å². The minimum Gasteiger partial charge on any atom is -0.475 e. The van der Waals surface area contributed by atoms with Crippen molar-refractivity contribution in [1.82, 2.24) is 5.32 Å². The van der Waals surface area contributed by atoms with Crippen molar-refractivity contribution in [1.29, 1.82) is 0 Å². The molecule has 0 aromatic carbocycles. The Morgan fingerprint density at radius 3 is 2.72 bits per heavy atom. The number of hydrogen-bond acceptors (Lipinski definition) is 4. The van der Waals surface area contributed by atoms with Crippen molar-refractivity contribution in [2.75, 3.05) is 6.26 Å². The molecule has 2 rings (SSSR count). The predicted octanol–water partition coefficient (Wildman–Crippen LogP) is 1.99. The zero-order chi connectivity index (χ0) is 13.1. The number of aromatic carboxylic acids is 1. The number of carbonyl (C=O) groups excluding carboxylic acids is 1. The number of carboxylic acid groups (broad SMARTS) is 1. The molecule has 1 aromatic rings. The first-order valence-electron chi connectivity index (χ1n) is 5.78. The van der Waals surface area contributed by atoms with Crippen LogP contribution in [0.15, 0.2) is 16.5 Å². The summed E-state index contributed by atoms with van der Waals surface area (Å²) in [4.78, 5) is 22.5. The average Bonchev–Trinajstić information content (AvgIpc) is 2.96. The SMILES string of the molecule is CSC1CCCC1NC(=O)c1ccc(C(=O)O)o1. The van der Waals surface area contributed by atoms with Gasteiger partial charge in [-0.25, -0.2) is 4.79 Å². The van der Waals surface area contributed by atoms with Crippen molar-refractivity contribution in [2.45, 2.75) is 30.6 Å². The van der Waals surface area contributed by atoms with Crippen molar-refractivity contribution in [2.24, 2.45) is 0 Å². The van der Waals surface area contributed by atoms with E-state index in [9.17, 15) is 9.59 Å². The zero-order valence-corrected chi connectivity index (χ0v) is 10.8. The van der Waals surface area contributed by atoms with E-state index in [1.165, 1.54) is 12.1 Å². The van der Waals surface area contributed by atoms with Crippen molar-refractivity contribution < 1.29 is 19.1 Å². The van der Waals surface area contributed by atoms with Crippen LogP contribution in [0.1, 0.15) is 40.4 Å². The minimum absolute atomic E-state index is 0.0548. The number of nitrogens with one attached hydrogen (secondary N) is 1. The molecule has 6 heteroatoms. The van der Waals surface area contributed by atoms with E-state index in [4.69, 9.17) is 9.52 Å². The molecule has 1 aromatic heterocycles. The molecule has 1 fully saturated rings. The Labute approximate surface area is 109 Å². The maximum atomic E-state index is 11.9. The Bertz CT molecular complexity index is 457. The molecule has 2 atom stereocenters. The Morgan fingerprint density at radius 2 is 2.11 bits per heavy atom. The Balaban J connectivity index is 2.00. The molecule has 1 saturated carbocycles. The first kappa shape index (κ1) is 13.0. The molecule has 1 aliphatic rings. The third kappa shape index (κ3) is 2.69. The summed E-state index contributed by atoms with van der Waals surface area (Å²) in [6.45, 7) is 0. The van der Waals surface area contributed by atoms with Crippen LogP contribution >= 0.6 is 11.8 Å². The van der Waals surface area contributed by atoms with Crippen LogP contribution in [-0.2, 0) is 0 Å². The van der Waals surface area contributed by atoms with Gasteiger partial charge in [-0.05, 0) is 31.2 Å². The van der Waals surface area contributed by atoms with Crippen LogP contribution in [-0.4, -0.2) is 34.5 Å². The number of carboxylic acids is 1. The quantitative estimate of drug-likeness (QED) is 0.873. The van der Waals surface area contributed by atoms with Gasteiger partial charge in [0.05, 0.1) is 0 Å². The zero-order valence-electron chi connectivity index (χ0n) is 10.0. The molecule has 0 spiro atoms. The summed E-state index contributed by atoms with van der Waals surface area (Å²) in [7, 11) is 0. The summed E-state index contributed by atoms with van der Waals surface area (Å²) in [6.07, 6.45) is 5.20. The molecular weight excluding hydrogens is 254 g/mol. The average molecular weight is 269 g/mol. The topological polar surface area (TPSA) is 79.5 Å². The fraction of sp³-hybridized carbons (Fsp3) is 0.500. The summed E-state index contributed by atoms with van der Waals surface area (Å²) >= 11 is 1.75. The first-order chi connectivity index (χ1) is 8.61. The van der Waals surface area contributed by atoms with E-state index >= 15 is 0 Å². The summed E-state index contributed by atoms with van der Waals surface area (Å²) < 4.78 is 4.97. The van der Waals surface area contributed by atoms with E-state index in [-0.39, 0.29) is 23.5 Å². The van der Waals surface area contributed by atoms with E-state index in [1.807, 2.05) is 6.26 Å². The predicted molar refractivity (Wildman–Crippen MR) is 68.1 cm³/mol. The van der Waals surface area contributed by atoms with Crippen LogP contribution < -0.4 is 5.32 Å². The number of furan rings is 1. The van der Waals surface area contributed by atoms with Gasteiger partial charge in [-0.15, -0.1) is 0 Å². The van der Waals surface area contributed by atoms with Crippen LogP contribution in [0, 0.1) is 0 Å². The van der Waals surface area contributed by atoms with Crippen LogP contribution in [0.2, 0.25) is 0 Å². The molecule has 0 radical (unpaired) electrons. The molecule has 5 nitrogen and oxygen atoms in total. The van der Waals surface area contributed by atoms with Crippen molar-refractivity contribution in [3.8, 4) is 0 Å². The maximum absolute atomic E-state index is 11.9. The van der Waals surface area contributed by atoms with Crippen LogP contribution in [0.5, 0.6) is 0 Å². The number of carbonyl (C=O) groups is 2. The highest BCUT2D eigenvalue weighted by molar-refractivity contribution is 7.99. The van der Waals surface area contributed by atoms with Crippen LogP contribution in [0.25, 0.3) is 0 Å². The molecular formula is C12H15NO4S. The smallest absolute Gasteiger partial charge is 0.371 e. The molecule has 0 aliphatic heterocycles. The second kappa shape index (κ2) is 5.48. The summed E-state index contributed by atoms with van der Waals surface area (Å²) in [5.41, 5.74) is 0. The van der Waals surface area contributed by atoms with Gasteiger partial charge in [-0.3, -0.25) is 4.79 Å². The van der Waals surface area contributed by atoms with Gasteiger partial charge in [0.1, 0.15) is 0 Å². The molecule has 2 unspecified atom stereocenters. The summed E-state index contributed by atoms with van der Waals surface area (Å²) in [5, 5.41) is 12.1. The Morgan fingerprint density at radius 1 is 1.39 bits per heavy atom. The molecule has 1 aliphatic carbocycles. The first-order valence-corrected chi connectivity index (χ1v) is 7.07. The van der Waals surface area contributed by atoms with Crippen molar-refractivity contribution in [3.63, 3.8) is 0 Å². The number of thioether (sulfide) groups is 1. The van der Waals surface area contributed by atoms with Gasteiger partial charge >= 0.3 is 5.97 Å². The lowest BCUT2D eigenvalue weighted by Gasteiger charge is -2.18. The van der Waals surface area contributed by atoms with Crippen molar-refractivity contribution >= 4 is 23.6 Å². The van der Waals surface area contributed by atoms with E-state index in [1.54, 1.807) is 11.8 Å². The molecule has 2 N–H and O–H groups in total. The molecule has 0 saturated heterocycles. The third-order valence-electron chi connectivity index (χ3n) is 3.11. The van der Waals surface area contributed by atoms with Crippen LogP contribution in [0.3, 0.4) is 0 Å². The van der Waals surface area contributed by atoms with Gasteiger partial charge in [0.25, 0.3) is 5.91 Å². The Hall–Kier alpha value is -1.43. The van der Waals surface area contributed by atoms with Gasteiger partial charge in [0.2, 0.25) is 5.76 Å². The van der Waals surface area contributed by atoms with Gasteiger partial charge in [0.15, 0.2) is 5.76 Å². The number of rotatable bonds is 4. The number of amides is 1. The lowest BCUT2D eigenvalue weighted by molar-refractivity contribution is 0.0659. The summed E-state index contributed by atoms with van der Waals surface area (Å²) in [6, 6.07) is 2.82. The lowest BCUT2D eigenvalue weighted by atomic mass is 10.2. The fourth-order valence-electron chi connectivity index (χ4n) is 2.19. The highest BCUT2D eigenvalue weighted by Crippen LogP contribution is 2.28. The molecule has 18 heavy (non-hydrogen) atoms. The van der Waals surface area contributed by atoms with E-state index in [0.717, 1.165) is 19.3 Å². The molecule has 98 valence electrons. The monoisotopic (exact) mass is 269 g/mol. The van der Waals surface area contributed by atoms with Gasteiger partial charge in [-0.2, -0.15) is 11.8 Å². The fourth-order valence-corrected chi connectivity index (χ4v) is 3.12. The largest absolute Gasteiger partial charge is 0.475 e. The highest BCUT2D eigenvalue weighted by Gasteiger charge is 2.28. The van der Waals surface area contributed by atoms with Crippen LogP contribution in [0.4, 0.5) is 0 Å². The lowest BCUT2D eigenvalue weighted by Crippen LogP contribution is -2.38. The standard InChI is InChI=1S/C12H15NO4S/c1-18-10-4-2-3-7(10)13-11(14)8-5-6-9(17-8)12(15)16/h5-7,10H,2-4H2,1H3,(H,13,14)(H,15,16). The normalized spacial score (nSPS) is 22.9. The molecule has 0 bridgehead atoms. The highest BCUT2D eigenvalue weighted by atomic mass is 32.2. The van der Waals surface area contributed by atoms with E-state index in [0.29, 0.717) is 5.25 Å². The van der Waals surface area contributed by atoms with Gasteiger partial charge in [-0.1, -0.05) is 6.42 Å². The molecule has 1 amide bonds. The van der Waals surface area contributed by atoms with Gasteiger partial charge in [0, 0.05) is 11.3 Å². The number of hydrogen-bond donors (Lipinski definition) is 2. The van der Waals surface area contributed by atoms with Gasteiger partial charge < -0.3 is 14.8 Å². The Kier molecular flexibility index (Phi) is 3.96. The van der Waals surface area contributed by atoms with E-state index in [2.05, 4.69) is 5.32 Å². The third-order valence-corrected chi connectivity index (χ3v) is 4.28. The second-order valence-electron chi connectivity index (χ2n) is 4.25. The van der Waals surface area contributed by atoms with Crippen molar-refractivity contribution in [3.05, 3.63) is 23.7 Å². The summed E-state index contributed by atoms with van der Waals surface area (Å²) in [5.74, 6) is -1.67. The minimum atomic E-state index is -1.17.